The molecule has 6 nitrogen and oxygen atoms in total. The van der Waals surface area contributed by atoms with Crippen LogP contribution >= 0.6 is 0 Å². The molecule has 1 heterocycles. The van der Waals surface area contributed by atoms with E-state index in [-0.39, 0.29) is 11.9 Å². The van der Waals surface area contributed by atoms with Gasteiger partial charge in [0.25, 0.3) is 11.8 Å². The van der Waals surface area contributed by atoms with Crippen molar-refractivity contribution < 1.29 is 19.0 Å². The molecular weight excluding hydrogens is 452 g/mol. The van der Waals surface area contributed by atoms with E-state index in [0.717, 1.165) is 43.2 Å². The summed E-state index contributed by atoms with van der Waals surface area (Å²) in [6.45, 7) is 6.70. The molecule has 1 N–H and O–H groups in total. The molecule has 3 fully saturated rings. The van der Waals surface area contributed by atoms with Crippen molar-refractivity contribution in [1.29, 1.82) is 0 Å². The summed E-state index contributed by atoms with van der Waals surface area (Å²) >= 11 is 0. The molecule has 1 saturated heterocycles. The average molecular weight is 493 g/mol. The Morgan fingerprint density at radius 3 is 2.06 bits per heavy atom. The summed E-state index contributed by atoms with van der Waals surface area (Å²) in [4.78, 5) is 15.4. The first-order valence-electron chi connectivity index (χ1n) is 13.7. The van der Waals surface area contributed by atoms with Crippen LogP contribution in [0.5, 0.6) is 5.75 Å². The molecule has 0 bridgehead atoms. The summed E-state index contributed by atoms with van der Waals surface area (Å²) in [6, 6.07) is 14.9. The number of ether oxygens (including phenoxy) is 3. The molecule has 0 unspecified atom stereocenters. The fraction of sp³-hybridized carbons (Fsp3) is 0.567. The van der Waals surface area contributed by atoms with Gasteiger partial charge in [-0.05, 0) is 93.5 Å². The zero-order chi connectivity index (χ0) is 25.1. The maximum atomic E-state index is 13.1. The molecule has 2 aliphatic carbocycles. The third kappa shape index (κ3) is 5.46. The number of likely N-dealkylation sites (tertiary alicyclic amines) is 1. The van der Waals surface area contributed by atoms with E-state index in [4.69, 9.17) is 14.2 Å². The SMILES string of the molecule is CCOC(OCC)(c1ccc(C2CC2)cc1)N1CCC(NC(=O)c2cc(OC)cc(C3CC3)c2)CC1. The smallest absolute Gasteiger partial charge is 0.258 e. The van der Waals surface area contributed by atoms with Crippen LogP contribution in [0.25, 0.3) is 0 Å². The lowest BCUT2D eigenvalue weighted by atomic mass is 9.99. The van der Waals surface area contributed by atoms with Crippen LogP contribution in [0.1, 0.15) is 91.3 Å². The second kappa shape index (κ2) is 10.9. The van der Waals surface area contributed by atoms with Gasteiger partial charge < -0.3 is 19.5 Å². The minimum atomic E-state index is -0.896. The molecule has 194 valence electrons. The van der Waals surface area contributed by atoms with E-state index >= 15 is 0 Å². The predicted molar refractivity (Wildman–Crippen MR) is 140 cm³/mol. The highest BCUT2D eigenvalue weighted by Gasteiger charge is 2.43. The first kappa shape index (κ1) is 25.2. The fourth-order valence-corrected chi connectivity index (χ4v) is 5.46. The van der Waals surface area contributed by atoms with Gasteiger partial charge >= 0.3 is 0 Å². The average Bonchev–Trinajstić information content (AvgIpc) is 3.82. The molecule has 5 rings (SSSR count). The summed E-state index contributed by atoms with van der Waals surface area (Å²) in [6.07, 6.45) is 6.64. The number of nitrogens with one attached hydrogen (secondary N) is 1. The molecule has 0 aromatic heterocycles. The van der Waals surface area contributed by atoms with Gasteiger partial charge in [0, 0.05) is 43.5 Å². The van der Waals surface area contributed by atoms with Gasteiger partial charge in [-0.25, -0.2) is 4.90 Å². The minimum Gasteiger partial charge on any atom is -0.497 e. The number of nitrogens with zero attached hydrogens (tertiary/aromatic N) is 1. The van der Waals surface area contributed by atoms with Crippen LogP contribution in [0.2, 0.25) is 0 Å². The number of piperidine rings is 1. The number of rotatable bonds is 11. The summed E-state index contributed by atoms with van der Waals surface area (Å²) in [7, 11) is 1.66. The first-order valence-corrected chi connectivity index (χ1v) is 13.7. The molecule has 1 amide bonds. The molecule has 0 spiro atoms. The van der Waals surface area contributed by atoms with Crippen LogP contribution in [-0.2, 0) is 15.4 Å². The highest BCUT2D eigenvalue weighted by molar-refractivity contribution is 5.95. The lowest BCUT2D eigenvalue weighted by molar-refractivity contribution is -0.330. The van der Waals surface area contributed by atoms with E-state index in [1.165, 1.54) is 36.8 Å². The molecule has 0 atom stereocenters. The van der Waals surface area contributed by atoms with Gasteiger partial charge in [-0.1, -0.05) is 24.3 Å². The Morgan fingerprint density at radius 1 is 0.889 bits per heavy atom. The monoisotopic (exact) mass is 492 g/mol. The third-order valence-corrected chi connectivity index (χ3v) is 7.73. The van der Waals surface area contributed by atoms with Gasteiger partial charge in [0.2, 0.25) is 0 Å². The zero-order valence-electron chi connectivity index (χ0n) is 21.9. The Balaban J connectivity index is 1.26. The molecular formula is C30H40N2O4. The van der Waals surface area contributed by atoms with E-state index in [1.807, 2.05) is 26.0 Å². The summed E-state index contributed by atoms with van der Waals surface area (Å²) in [5.41, 5.74) is 4.35. The Morgan fingerprint density at radius 2 is 1.50 bits per heavy atom. The van der Waals surface area contributed by atoms with E-state index in [1.54, 1.807) is 7.11 Å². The van der Waals surface area contributed by atoms with Crippen LogP contribution in [0.15, 0.2) is 42.5 Å². The Hall–Kier alpha value is -2.41. The number of hydrogen-bond donors (Lipinski definition) is 1. The summed E-state index contributed by atoms with van der Waals surface area (Å²) < 4.78 is 18.2. The van der Waals surface area contributed by atoms with Crippen molar-refractivity contribution in [2.75, 3.05) is 33.4 Å². The maximum absolute atomic E-state index is 13.1. The molecule has 2 aromatic carbocycles. The van der Waals surface area contributed by atoms with Crippen LogP contribution in [0.3, 0.4) is 0 Å². The molecule has 2 aromatic rings. The number of amides is 1. The molecule has 0 radical (unpaired) electrons. The Bertz CT molecular complexity index is 1030. The van der Waals surface area contributed by atoms with E-state index in [0.29, 0.717) is 24.7 Å². The topological polar surface area (TPSA) is 60.0 Å². The van der Waals surface area contributed by atoms with Gasteiger partial charge in [-0.15, -0.1) is 0 Å². The molecule has 3 aliphatic rings. The third-order valence-electron chi connectivity index (χ3n) is 7.73. The van der Waals surface area contributed by atoms with Gasteiger partial charge in [0.1, 0.15) is 5.75 Å². The molecule has 1 aliphatic heterocycles. The quantitative estimate of drug-likeness (QED) is 0.418. The molecule has 36 heavy (non-hydrogen) atoms. The number of carbonyl (C=O) groups is 1. The van der Waals surface area contributed by atoms with Crippen molar-refractivity contribution in [2.45, 2.75) is 76.2 Å². The number of methoxy groups -OCH3 is 1. The molecule has 6 heteroatoms. The number of hydrogen-bond acceptors (Lipinski definition) is 5. The standard InChI is InChI=1S/C30H40N2O4/c1-4-35-30(36-5-2,26-12-10-22(11-13-26)21-6-7-21)32-16-14-27(15-17-32)31-29(33)25-18-24(23-8-9-23)19-28(20-25)34-3/h10-13,18-21,23,27H,4-9,14-17H2,1-3H3,(H,31,33). The lowest BCUT2D eigenvalue weighted by Gasteiger charge is -2.46. The number of benzene rings is 2. The van der Waals surface area contributed by atoms with E-state index in [9.17, 15) is 4.79 Å². The lowest BCUT2D eigenvalue weighted by Crippen LogP contribution is -2.55. The summed E-state index contributed by atoms with van der Waals surface area (Å²) in [5, 5.41) is 3.27. The van der Waals surface area contributed by atoms with E-state index < -0.39 is 5.91 Å². The van der Waals surface area contributed by atoms with Crippen molar-refractivity contribution in [3.8, 4) is 5.75 Å². The van der Waals surface area contributed by atoms with Crippen LogP contribution in [0.4, 0.5) is 0 Å². The highest BCUT2D eigenvalue weighted by Crippen LogP contribution is 2.42. The first-order chi connectivity index (χ1) is 17.6. The van der Waals surface area contributed by atoms with Crippen molar-refractivity contribution in [3.63, 3.8) is 0 Å². The molecule has 2 saturated carbocycles. The second-order valence-electron chi connectivity index (χ2n) is 10.3. The Kier molecular flexibility index (Phi) is 7.65. The highest BCUT2D eigenvalue weighted by atomic mass is 16.7. The number of carbonyl (C=O) groups excluding carboxylic acids is 1. The predicted octanol–water partition coefficient (Wildman–Crippen LogP) is 5.53. The second-order valence-corrected chi connectivity index (χ2v) is 10.3. The van der Waals surface area contributed by atoms with Crippen molar-refractivity contribution in [2.24, 2.45) is 0 Å². The van der Waals surface area contributed by atoms with Crippen molar-refractivity contribution >= 4 is 5.91 Å². The largest absolute Gasteiger partial charge is 0.497 e. The Labute approximate surface area is 215 Å². The van der Waals surface area contributed by atoms with Gasteiger partial charge in [0.15, 0.2) is 0 Å². The van der Waals surface area contributed by atoms with Crippen LogP contribution < -0.4 is 10.1 Å². The van der Waals surface area contributed by atoms with Gasteiger partial charge in [-0.2, -0.15) is 0 Å². The normalized spacial score (nSPS) is 19.3. The minimum absolute atomic E-state index is 0.0224. The van der Waals surface area contributed by atoms with E-state index in [2.05, 4.69) is 40.5 Å². The maximum Gasteiger partial charge on any atom is 0.258 e. The van der Waals surface area contributed by atoms with Crippen molar-refractivity contribution in [3.05, 3.63) is 64.7 Å². The zero-order valence-corrected chi connectivity index (χ0v) is 21.9. The fourth-order valence-electron chi connectivity index (χ4n) is 5.46. The van der Waals surface area contributed by atoms with Gasteiger partial charge in [-0.3, -0.25) is 4.79 Å². The summed E-state index contributed by atoms with van der Waals surface area (Å²) in [5.74, 6) is 1.12. The van der Waals surface area contributed by atoms with Crippen molar-refractivity contribution in [1.82, 2.24) is 10.2 Å². The van der Waals surface area contributed by atoms with Gasteiger partial charge in [0.05, 0.1) is 7.11 Å². The van der Waals surface area contributed by atoms with Crippen LogP contribution in [-0.4, -0.2) is 50.3 Å². The van der Waals surface area contributed by atoms with Crippen LogP contribution in [0, 0.1) is 0 Å².